The van der Waals surface area contributed by atoms with E-state index in [-0.39, 0.29) is 154 Å². The molecule has 0 bridgehead atoms. The van der Waals surface area contributed by atoms with Gasteiger partial charge < -0.3 is 0 Å². The largest absolute Gasteiger partial charge is 0 e. The smallest absolute Gasteiger partial charge is 0 e. The number of halogens is 6. The van der Waals surface area contributed by atoms with Crippen LogP contribution in [-0.4, -0.2) is 154 Å². The van der Waals surface area contributed by atoms with Gasteiger partial charge in [0.05, 0.1) is 0 Å². The molecule has 0 saturated heterocycles. The van der Waals surface area contributed by atoms with Crippen LogP contribution in [-0.2, 0) is 0.665 Å². The molecule has 0 fully saturated rings. The summed E-state index contributed by atoms with van der Waals surface area (Å²) in [6.07, 6.45) is 0. The Morgan fingerprint density at radius 2 is 0.500 bits per heavy atom. The molecule has 0 nitrogen and oxygen atoms in total. The molecule has 0 spiro atoms. The average molecular weight is 700 g/mol. The number of hydrogen-bond acceptors (Lipinski definition) is 0. The first kappa shape index (κ1) is 26.9. The first-order valence-electron chi connectivity index (χ1n) is 0.756. The molecule has 0 aromatic rings. The minimum absolute atomic E-state index is 0. The van der Waals surface area contributed by atoms with E-state index in [1.165, 1.54) is 0 Å². The van der Waals surface area contributed by atoms with Gasteiger partial charge >= 0.3 is 82.4 Å². The third kappa shape index (κ3) is 55.1. The van der Waals surface area contributed by atoms with Crippen LogP contribution in [0.25, 0.3) is 0 Å². The standard InChI is InChI=1S/6BrH.3K.Rh/h6*1H;;;;/q;;;;;;;;;+6/p-6. The molecule has 0 aromatic carbocycles. The van der Waals surface area contributed by atoms with Crippen LogP contribution in [0.4, 0.5) is 0 Å². The summed E-state index contributed by atoms with van der Waals surface area (Å²) in [5, 5.41) is 0. The van der Waals surface area contributed by atoms with Gasteiger partial charge in [-0.15, -0.1) is 0 Å². The van der Waals surface area contributed by atoms with Crippen molar-refractivity contribution in [1.29, 1.82) is 0 Å². The van der Waals surface area contributed by atoms with Crippen LogP contribution in [0.5, 0.6) is 0 Å². The van der Waals surface area contributed by atoms with E-state index < -0.39 is 0.665 Å². The summed E-state index contributed by atoms with van der Waals surface area (Å²) < 4.78 is -3.11. The van der Waals surface area contributed by atoms with Gasteiger partial charge in [0, 0.05) is 154 Å². The Balaban J connectivity index is -0.0000000600. The molecule has 0 aromatic heterocycles. The summed E-state index contributed by atoms with van der Waals surface area (Å²) >= 11 is 20.0. The van der Waals surface area contributed by atoms with Crippen molar-refractivity contribution >= 4 is 236 Å². The molecule has 0 N–H and O–H groups in total. The summed E-state index contributed by atoms with van der Waals surface area (Å²) in [6.45, 7) is 0. The Morgan fingerprint density at radius 1 is 0.500 bits per heavy atom. The molecule has 0 amide bonds. The summed E-state index contributed by atoms with van der Waals surface area (Å²) in [5.74, 6) is 0. The van der Waals surface area contributed by atoms with Gasteiger partial charge in [0.2, 0.25) is 0 Å². The zero-order chi connectivity index (χ0) is 6.41. The van der Waals surface area contributed by atoms with E-state index in [9.17, 15) is 0 Å². The zero-order valence-corrected chi connectivity index (χ0v) is 26.1. The minimum atomic E-state index is -3.11. The molecular formula is Br6K3Rh. The van der Waals surface area contributed by atoms with E-state index in [0.29, 0.717) is 0 Å². The third-order valence-electron chi connectivity index (χ3n) is 0. The van der Waals surface area contributed by atoms with E-state index in [0.717, 1.165) is 0 Å². The van der Waals surface area contributed by atoms with E-state index in [4.69, 9.17) is 0 Å². The van der Waals surface area contributed by atoms with Crippen LogP contribution in [0.15, 0.2) is 0 Å². The normalized spacial score (nSPS) is 16.2. The van der Waals surface area contributed by atoms with Crippen LogP contribution in [0.3, 0.4) is 0 Å². The fourth-order valence-electron chi connectivity index (χ4n) is 0. The maximum atomic E-state index is 3.34. The van der Waals surface area contributed by atoms with Crippen LogP contribution in [0, 0.1) is 0 Å². The van der Waals surface area contributed by atoms with Gasteiger partial charge in [-0.05, 0) is 0 Å². The molecule has 0 heterocycles. The molecule has 0 rings (SSSR count). The van der Waals surface area contributed by atoms with E-state index >= 15 is 0 Å². The zero-order valence-electron chi connectivity index (χ0n) is 5.60. The minimum Gasteiger partial charge on any atom is 0 e. The van der Waals surface area contributed by atoms with Crippen molar-refractivity contribution < 1.29 is 0.665 Å². The molecular weight excluding hydrogens is 700 g/mol. The molecule has 0 atom stereocenters. The van der Waals surface area contributed by atoms with Gasteiger partial charge in [0.25, 0.3) is 0 Å². The quantitative estimate of drug-likeness (QED) is 0.337. The van der Waals surface area contributed by atoms with E-state index in [2.05, 4.69) is 81.7 Å². The molecule has 10 heteroatoms. The Bertz CT molecular complexity index is 71.6. The van der Waals surface area contributed by atoms with Gasteiger partial charge in [-0.3, -0.25) is 0 Å². The van der Waals surface area contributed by atoms with Gasteiger partial charge in [-0.2, -0.15) is 0 Å². The van der Waals surface area contributed by atoms with Gasteiger partial charge in [0.1, 0.15) is 0 Å². The van der Waals surface area contributed by atoms with Crippen molar-refractivity contribution in [3.8, 4) is 0 Å². The second-order valence-corrected chi connectivity index (χ2v) is 114. The predicted molar refractivity (Wildman–Crippen MR) is 70.8 cm³/mol. The topological polar surface area (TPSA) is 0 Å². The van der Waals surface area contributed by atoms with Crippen LogP contribution >= 0.6 is 81.7 Å². The van der Waals surface area contributed by atoms with Crippen molar-refractivity contribution in [3.63, 3.8) is 0 Å². The summed E-state index contributed by atoms with van der Waals surface area (Å²) in [5.41, 5.74) is 0. The third-order valence-corrected chi connectivity index (χ3v) is 0. The van der Waals surface area contributed by atoms with Crippen molar-refractivity contribution in [3.05, 3.63) is 0 Å². The molecule has 0 unspecified atom stereocenters. The first-order valence-corrected chi connectivity index (χ1v) is 23.2. The number of rotatable bonds is 0. The monoisotopic (exact) mass is 693 g/mol. The van der Waals surface area contributed by atoms with E-state index in [1.54, 1.807) is 0 Å². The summed E-state index contributed by atoms with van der Waals surface area (Å²) in [7, 11) is 0. The molecule has 10 heavy (non-hydrogen) atoms. The van der Waals surface area contributed by atoms with Gasteiger partial charge in [-0.1, -0.05) is 0 Å². The fraction of sp³-hybridized carbons (Fsp3) is 0. The molecule has 0 aliphatic rings. The van der Waals surface area contributed by atoms with Crippen molar-refractivity contribution in [1.82, 2.24) is 0 Å². The number of hydrogen-bond donors (Lipinski definition) is 0. The van der Waals surface area contributed by atoms with Gasteiger partial charge in [-0.25, -0.2) is 0 Å². The van der Waals surface area contributed by atoms with Crippen molar-refractivity contribution in [2.24, 2.45) is 0 Å². The molecule has 54 valence electrons. The molecule has 3 radical (unpaired) electrons. The second kappa shape index (κ2) is 8.56. The fourth-order valence-corrected chi connectivity index (χ4v) is 0. The van der Waals surface area contributed by atoms with Crippen LogP contribution in [0.2, 0.25) is 0 Å². The summed E-state index contributed by atoms with van der Waals surface area (Å²) in [4.78, 5) is 0. The molecule has 0 aliphatic heterocycles. The Morgan fingerprint density at radius 3 is 0.500 bits per heavy atom. The predicted octanol–water partition coefficient (Wildman–Crippen LogP) is 3.93. The van der Waals surface area contributed by atoms with Crippen molar-refractivity contribution in [2.45, 2.75) is 0 Å². The molecule has 0 aliphatic carbocycles. The summed E-state index contributed by atoms with van der Waals surface area (Å²) in [6, 6.07) is 0. The van der Waals surface area contributed by atoms with Gasteiger partial charge in [0.15, 0.2) is 0 Å². The maximum absolute atomic E-state index is 3.34. The SMILES string of the molecule is [Br][Rh]([Br])([Br])([Br])([Br])[Br].[K].[K].[K]. The Kier molecular flexibility index (Phi) is 23.0. The van der Waals surface area contributed by atoms with Crippen molar-refractivity contribution in [2.75, 3.05) is 0 Å². The maximum Gasteiger partial charge on any atom is 0 e. The Labute approximate surface area is 227 Å². The average Bonchev–Trinajstić information content (AvgIpc) is 0.592. The van der Waals surface area contributed by atoms with E-state index in [1.807, 2.05) is 0 Å². The Hall–Kier alpha value is 8.41. The van der Waals surface area contributed by atoms with Crippen LogP contribution < -0.4 is 0 Å². The van der Waals surface area contributed by atoms with Crippen LogP contribution in [0.1, 0.15) is 0 Å². The molecule has 0 saturated carbocycles. The first-order chi connectivity index (χ1) is 2.45. The second-order valence-electron chi connectivity index (χ2n) is 0.714.